The van der Waals surface area contributed by atoms with Crippen molar-refractivity contribution in [1.29, 1.82) is 0 Å². The maximum atomic E-state index is 12.7. The van der Waals surface area contributed by atoms with E-state index < -0.39 is 5.54 Å². The summed E-state index contributed by atoms with van der Waals surface area (Å²) in [7, 11) is 0. The Kier molecular flexibility index (Phi) is 5.19. The van der Waals surface area contributed by atoms with E-state index in [1.54, 1.807) is 40.9 Å². The van der Waals surface area contributed by atoms with E-state index in [0.29, 0.717) is 17.1 Å². The number of imidazole rings is 1. The highest BCUT2D eigenvalue weighted by atomic mass is 35.5. The molecule has 0 aliphatic carbocycles. The maximum Gasteiger partial charge on any atom is 0.287 e. The molecular formula is C20H21ClN4O2. The van der Waals surface area contributed by atoms with Crippen LogP contribution in [0.4, 0.5) is 0 Å². The second-order valence-corrected chi connectivity index (χ2v) is 7.69. The Morgan fingerprint density at radius 3 is 2.44 bits per heavy atom. The van der Waals surface area contributed by atoms with Gasteiger partial charge in [-0.3, -0.25) is 14.0 Å². The van der Waals surface area contributed by atoms with Gasteiger partial charge in [0.15, 0.2) is 5.69 Å². The van der Waals surface area contributed by atoms with Crippen LogP contribution in [-0.4, -0.2) is 26.7 Å². The first kappa shape index (κ1) is 18.9. The van der Waals surface area contributed by atoms with E-state index in [1.165, 1.54) is 0 Å². The van der Waals surface area contributed by atoms with Crippen molar-refractivity contribution >= 4 is 28.9 Å². The van der Waals surface area contributed by atoms with Crippen molar-refractivity contribution in [2.75, 3.05) is 0 Å². The summed E-state index contributed by atoms with van der Waals surface area (Å²) >= 11 is 5.88. The number of nitrogens with one attached hydrogen (secondary N) is 2. The summed E-state index contributed by atoms with van der Waals surface area (Å²) in [6, 6.07) is 12.6. The van der Waals surface area contributed by atoms with E-state index in [1.807, 2.05) is 32.9 Å². The van der Waals surface area contributed by atoms with Gasteiger partial charge in [0, 0.05) is 23.3 Å². The van der Waals surface area contributed by atoms with Crippen LogP contribution in [0.5, 0.6) is 0 Å². The van der Waals surface area contributed by atoms with Crippen LogP contribution in [0.25, 0.3) is 5.52 Å². The molecule has 0 spiro atoms. The van der Waals surface area contributed by atoms with E-state index >= 15 is 0 Å². The molecule has 27 heavy (non-hydrogen) atoms. The molecule has 0 bridgehead atoms. The fourth-order valence-electron chi connectivity index (χ4n) is 2.63. The van der Waals surface area contributed by atoms with Gasteiger partial charge in [0.2, 0.25) is 5.82 Å². The van der Waals surface area contributed by atoms with Gasteiger partial charge in [-0.05, 0) is 50.6 Å². The largest absolute Gasteiger partial charge is 0.346 e. The number of halogens is 1. The van der Waals surface area contributed by atoms with Crippen molar-refractivity contribution in [1.82, 2.24) is 20.0 Å². The summed E-state index contributed by atoms with van der Waals surface area (Å²) in [5, 5.41) is 6.35. The predicted molar refractivity (Wildman–Crippen MR) is 105 cm³/mol. The summed E-state index contributed by atoms with van der Waals surface area (Å²) in [6.45, 7) is 6.01. The monoisotopic (exact) mass is 384 g/mol. The van der Waals surface area contributed by atoms with Gasteiger partial charge in [0.05, 0.1) is 5.52 Å². The number of benzene rings is 1. The lowest BCUT2D eigenvalue weighted by molar-refractivity contribution is 0.0916. The summed E-state index contributed by atoms with van der Waals surface area (Å²) in [4.78, 5) is 29.6. The fourth-order valence-corrected chi connectivity index (χ4v) is 2.75. The minimum Gasteiger partial charge on any atom is -0.346 e. The summed E-state index contributed by atoms with van der Waals surface area (Å²) in [6.07, 6.45) is 1.72. The maximum absolute atomic E-state index is 12.7. The molecule has 2 N–H and O–H groups in total. The molecule has 140 valence electrons. The Morgan fingerprint density at radius 1 is 1.07 bits per heavy atom. The molecule has 0 atom stereocenters. The first-order chi connectivity index (χ1) is 12.7. The number of hydrogen-bond acceptors (Lipinski definition) is 3. The van der Waals surface area contributed by atoms with Crippen LogP contribution in [0, 0.1) is 0 Å². The molecule has 3 rings (SSSR count). The van der Waals surface area contributed by atoms with Crippen LogP contribution in [0.1, 0.15) is 47.4 Å². The van der Waals surface area contributed by atoms with Crippen molar-refractivity contribution in [2.45, 2.75) is 32.9 Å². The van der Waals surface area contributed by atoms with Crippen LogP contribution >= 0.6 is 11.6 Å². The molecule has 2 aromatic heterocycles. The van der Waals surface area contributed by atoms with Crippen molar-refractivity contribution in [3.05, 3.63) is 70.8 Å². The number of carbonyl (C=O) groups is 2. The van der Waals surface area contributed by atoms with Gasteiger partial charge in [0.1, 0.15) is 0 Å². The van der Waals surface area contributed by atoms with Crippen LogP contribution in [-0.2, 0) is 6.54 Å². The molecule has 2 heterocycles. The van der Waals surface area contributed by atoms with Crippen molar-refractivity contribution in [3.63, 3.8) is 0 Å². The highest BCUT2D eigenvalue weighted by molar-refractivity contribution is 6.30. The molecule has 0 fully saturated rings. The van der Waals surface area contributed by atoms with Gasteiger partial charge in [0.25, 0.3) is 11.8 Å². The molecule has 1 aromatic carbocycles. The van der Waals surface area contributed by atoms with E-state index in [2.05, 4.69) is 15.6 Å². The van der Waals surface area contributed by atoms with E-state index in [-0.39, 0.29) is 23.3 Å². The van der Waals surface area contributed by atoms with Crippen LogP contribution in [0.15, 0.2) is 48.7 Å². The Labute approximate surface area is 162 Å². The van der Waals surface area contributed by atoms with Crippen LogP contribution in [0.2, 0.25) is 5.02 Å². The highest BCUT2D eigenvalue weighted by Gasteiger charge is 2.23. The third-order valence-corrected chi connectivity index (χ3v) is 4.07. The molecule has 0 saturated heterocycles. The zero-order valence-corrected chi connectivity index (χ0v) is 16.2. The molecular weight excluding hydrogens is 364 g/mol. The lowest BCUT2D eigenvalue weighted by Gasteiger charge is -2.19. The van der Waals surface area contributed by atoms with E-state index in [4.69, 9.17) is 11.6 Å². The number of fused-ring (bicyclic) bond motifs is 1. The minimum absolute atomic E-state index is 0.165. The van der Waals surface area contributed by atoms with Crippen molar-refractivity contribution in [3.8, 4) is 0 Å². The molecule has 0 unspecified atom stereocenters. The van der Waals surface area contributed by atoms with E-state index in [9.17, 15) is 9.59 Å². The Balaban J connectivity index is 1.86. The fraction of sp³-hybridized carbons (Fsp3) is 0.250. The van der Waals surface area contributed by atoms with Crippen LogP contribution < -0.4 is 10.6 Å². The molecule has 3 aromatic rings. The first-order valence-electron chi connectivity index (χ1n) is 8.57. The zero-order chi connectivity index (χ0) is 19.6. The molecule has 2 amide bonds. The third kappa shape index (κ3) is 4.46. The van der Waals surface area contributed by atoms with E-state index in [0.717, 1.165) is 5.56 Å². The molecule has 0 saturated carbocycles. The Bertz CT molecular complexity index is 987. The second-order valence-electron chi connectivity index (χ2n) is 7.25. The van der Waals surface area contributed by atoms with Gasteiger partial charge in [-0.15, -0.1) is 0 Å². The number of nitrogens with zero attached hydrogens (tertiary/aromatic N) is 2. The number of carbonyl (C=O) groups excluding carboxylic acids is 2. The highest BCUT2D eigenvalue weighted by Crippen LogP contribution is 2.15. The van der Waals surface area contributed by atoms with Gasteiger partial charge in [-0.1, -0.05) is 29.8 Å². The quantitative estimate of drug-likeness (QED) is 0.723. The van der Waals surface area contributed by atoms with Gasteiger partial charge >= 0.3 is 0 Å². The number of amides is 2. The molecule has 0 radical (unpaired) electrons. The van der Waals surface area contributed by atoms with Gasteiger partial charge in [-0.2, -0.15) is 0 Å². The SMILES string of the molecule is CC(C)(C)NC(=O)c1nc(C(=O)NCc2ccc(Cl)cc2)n2ccccc12. The smallest absolute Gasteiger partial charge is 0.287 e. The zero-order valence-electron chi connectivity index (χ0n) is 15.4. The average molecular weight is 385 g/mol. The minimum atomic E-state index is -0.404. The predicted octanol–water partition coefficient (Wildman–Crippen LogP) is 3.45. The van der Waals surface area contributed by atoms with Crippen molar-refractivity contribution in [2.24, 2.45) is 0 Å². The first-order valence-corrected chi connectivity index (χ1v) is 8.94. The average Bonchev–Trinajstić information content (AvgIpc) is 2.99. The number of aromatic nitrogens is 2. The summed E-state index contributed by atoms with van der Waals surface area (Å²) in [5.74, 6) is -0.512. The summed E-state index contributed by atoms with van der Waals surface area (Å²) in [5.41, 5.74) is 1.32. The molecule has 0 aliphatic heterocycles. The lowest BCUT2D eigenvalue weighted by Crippen LogP contribution is -2.40. The number of pyridine rings is 1. The number of hydrogen-bond donors (Lipinski definition) is 2. The molecule has 6 nitrogen and oxygen atoms in total. The third-order valence-electron chi connectivity index (χ3n) is 3.82. The normalized spacial score (nSPS) is 11.4. The van der Waals surface area contributed by atoms with Crippen molar-refractivity contribution < 1.29 is 9.59 Å². The lowest BCUT2D eigenvalue weighted by atomic mass is 10.1. The Morgan fingerprint density at radius 2 is 1.78 bits per heavy atom. The molecule has 0 aliphatic rings. The van der Waals surface area contributed by atoms with Crippen LogP contribution in [0.3, 0.4) is 0 Å². The second kappa shape index (κ2) is 7.40. The van der Waals surface area contributed by atoms with Gasteiger partial charge in [-0.25, -0.2) is 4.98 Å². The Hall–Kier alpha value is -2.86. The standard InChI is InChI=1S/C20H21ClN4O2/c1-20(2,3)24-18(26)16-15-6-4-5-11-25(15)17(23-16)19(27)22-12-13-7-9-14(21)10-8-13/h4-11H,12H2,1-3H3,(H,22,27)(H,24,26). The summed E-state index contributed by atoms with van der Waals surface area (Å²) < 4.78 is 1.62. The van der Waals surface area contributed by atoms with Gasteiger partial charge < -0.3 is 10.6 Å². The topological polar surface area (TPSA) is 75.5 Å². The molecule has 7 heteroatoms. The number of rotatable bonds is 4.